The number of ether oxygens (including phenoxy) is 1. The molecule has 1 aromatic carbocycles. The summed E-state index contributed by atoms with van der Waals surface area (Å²) >= 11 is 0. The Kier molecular flexibility index (Phi) is 4.69. The number of carbonyl (C=O) groups excluding carboxylic acids is 1. The summed E-state index contributed by atoms with van der Waals surface area (Å²) in [5, 5.41) is 3.00. The molecule has 1 saturated heterocycles. The van der Waals surface area contributed by atoms with Crippen molar-refractivity contribution >= 4 is 21.6 Å². The van der Waals surface area contributed by atoms with Crippen molar-refractivity contribution in [2.75, 3.05) is 37.2 Å². The van der Waals surface area contributed by atoms with Crippen LogP contribution in [0.4, 0.5) is 5.69 Å². The maximum absolute atomic E-state index is 12.6. The van der Waals surface area contributed by atoms with E-state index in [1.54, 1.807) is 24.3 Å². The highest BCUT2D eigenvalue weighted by molar-refractivity contribution is 7.92. The first kappa shape index (κ1) is 17.0. The van der Waals surface area contributed by atoms with Crippen LogP contribution in [0.1, 0.15) is 12.8 Å². The summed E-state index contributed by atoms with van der Waals surface area (Å²) in [4.78, 5) is 14.8. The van der Waals surface area contributed by atoms with Gasteiger partial charge in [-0.05, 0) is 45.1 Å². The van der Waals surface area contributed by atoms with Gasteiger partial charge in [-0.25, -0.2) is 8.42 Å². The first-order valence-electron chi connectivity index (χ1n) is 8.07. The van der Waals surface area contributed by atoms with Crippen LogP contribution in [0.3, 0.4) is 0 Å². The molecule has 0 spiro atoms. The standard InChI is InChI=1S/C16H23N3O4S/c1-18-9-7-12(8-10-18)17-16(20)15-11-19(24(2,21)22)13-5-3-4-6-14(13)23-15/h3-6,12,15H,7-11H2,1-2H3,(H,17,20)/t15-/m1/s1. The van der Waals surface area contributed by atoms with Crippen LogP contribution in [0.2, 0.25) is 0 Å². The van der Waals surface area contributed by atoms with E-state index in [9.17, 15) is 13.2 Å². The lowest BCUT2D eigenvalue weighted by atomic mass is 10.1. The first-order valence-corrected chi connectivity index (χ1v) is 9.92. The van der Waals surface area contributed by atoms with E-state index in [0.29, 0.717) is 11.4 Å². The van der Waals surface area contributed by atoms with Gasteiger partial charge >= 0.3 is 0 Å². The summed E-state index contributed by atoms with van der Waals surface area (Å²) in [6.45, 7) is 1.87. The average Bonchev–Trinajstić information content (AvgIpc) is 2.55. The first-order chi connectivity index (χ1) is 11.3. The summed E-state index contributed by atoms with van der Waals surface area (Å²) in [6, 6.07) is 6.99. The van der Waals surface area contributed by atoms with E-state index in [0.717, 1.165) is 32.2 Å². The second-order valence-electron chi connectivity index (χ2n) is 6.45. The van der Waals surface area contributed by atoms with Gasteiger partial charge in [-0.3, -0.25) is 9.10 Å². The molecule has 1 fully saturated rings. The number of anilines is 1. The number of carbonyl (C=O) groups is 1. The molecular formula is C16H23N3O4S. The lowest BCUT2D eigenvalue weighted by Crippen LogP contribution is -2.53. The van der Waals surface area contributed by atoms with Crippen molar-refractivity contribution in [1.82, 2.24) is 10.2 Å². The average molecular weight is 353 g/mol. The zero-order chi connectivity index (χ0) is 17.3. The Balaban J connectivity index is 1.74. The van der Waals surface area contributed by atoms with Crippen LogP contribution in [0.25, 0.3) is 0 Å². The number of sulfonamides is 1. The lowest BCUT2D eigenvalue weighted by molar-refractivity contribution is -0.128. The minimum absolute atomic E-state index is 0.00565. The van der Waals surface area contributed by atoms with Crippen LogP contribution in [-0.2, 0) is 14.8 Å². The molecule has 0 aliphatic carbocycles. The maximum Gasteiger partial charge on any atom is 0.263 e. The van der Waals surface area contributed by atoms with Gasteiger partial charge in [0.15, 0.2) is 6.10 Å². The number of amides is 1. The fourth-order valence-corrected chi connectivity index (χ4v) is 4.01. The Bertz CT molecular complexity index is 714. The smallest absolute Gasteiger partial charge is 0.263 e. The van der Waals surface area contributed by atoms with Crippen LogP contribution in [-0.4, -0.2) is 64.3 Å². The number of hydrogen-bond donors (Lipinski definition) is 1. The van der Waals surface area contributed by atoms with Gasteiger partial charge in [0, 0.05) is 6.04 Å². The van der Waals surface area contributed by atoms with E-state index in [-0.39, 0.29) is 18.5 Å². The molecule has 0 aromatic heterocycles. The van der Waals surface area contributed by atoms with Crippen LogP contribution in [0.5, 0.6) is 5.75 Å². The number of benzene rings is 1. The molecule has 1 N–H and O–H groups in total. The third-order valence-corrected chi connectivity index (χ3v) is 5.64. The molecule has 3 rings (SSSR count). The largest absolute Gasteiger partial charge is 0.476 e. The molecule has 2 heterocycles. The van der Waals surface area contributed by atoms with E-state index in [1.165, 1.54) is 4.31 Å². The quantitative estimate of drug-likeness (QED) is 0.852. The molecule has 7 nitrogen and oxygen atoms in total. The van der Waals surface area contributed by atoms with E-state index >= 15 is 0 Å². The molecular weight excluding hydrogens is 330 g/mol. The fourth-order valence-electron chi connectivity index (χ4n) is 3.10. The Labute approximate surface area is 142 Å². The van der Waals surface area contributed by atoms with Crippen LogP contribution in [0.15, 0.2) is 24.3 Å². The molecule has 8 heteroatoms. The minimum atomic E-state index is -3.48. The normalized spacial score (nSPS) is 22.6. The fraction of sp³-hybridized carbons (Fsp3) is 0.562. The van der Waals surface area contributed by atoms with E-state index in [2.05, 4.69) is 17.3 Å². The van der Waals surface area contributed by atoms with E-state index in [4.69, 9.17) is 4.74 Å². The molecule has 1 amide bonds. The second kappa shape index (κ2) is 6.60. The van der Waals surface area contributed by atoms with Crippen molar-refractivity contribution in [1.29, 1.82) is 0 Å². The highest BCUT2D eigenvalue weighted by Gasteiger charge is 2.35. The van der Waals surface area contributed by atoms with Gasteiger partial charge in [-0.1, -0.05) is 12.1 Å². The van der Waals surface area contributed by atoms with E-state index in [1.807, 2.05) is 0 Å². The number of likely N-dealkylation sites (tertiary alicyclic amines) is 1. The Morgan fingerprint density at radius 1 is 1.25 bits per heavy atom. The number of nitrogens with zero attached hydrogens (tertiary/aromatic N) is 2. The molecule has 0 bridgehead atoms. The number of piperidine rings is 1. The monoisotopic (exact) mass is 353 g/mol. The molecule has 24 heavy (non-hydrogen) atoms. The summed E-state index contributed by atoms with van der Waals surface area (Å²) in [6.07, 6.45) is 2.08. The molecule has 0 unspecified atom stereocenters. The molecule has 0 saturated carbocycles. The Morgan fingerprint density at radius 2 is 1.92 bits per heavy atom. The molecule has 2 aliphatic rings. The van der Waals surface area contributed by atoms with E-state index < -0.39 is 16.1 Å². The second-order valence-corrected chi connectivity index (χ2v) is 8.36. The molecule has 2 aliphatic heterocycles. The van der Waals surface area contributed by atoms with Gasteiger partial charge in [0.05, 0.1) is 18.5 Å². The predicted molar refractivity (Wildman–Crippen MR) is 91.7 cm³/mol. The van der Waals surface area contributed by atoms with Crippen molar-refractivity contribution in [2.24, 2.45) is 0 Å². The van der Waals surface area contributed by atoms with Gasteiger partial charge < -0.3 is 15.0 Å². The minimum Gasteiger partial charge on any atom is -0.476 e. The maximum atomic E-state index is 12.6. The third-order valence-electron chi connectivity index (χ3n) is 4.49. The summed E-state index contributed by atoms with van der Waals surface area (Å²) in [5.74, 6) is 0.158. The molecule has 0 radical (unpaired) electrons. The van der Waals surface area contributed by atoms with Gasteiger partial charge in [-0.15, -0.1) is 0 Å². The summed E-state index contributed by atoms with van der Waals surface area (Å²) in [7, 11) is -1.42. The molecule has 1 aromatic rings. The zero-order valence-electron chi connectivity index (χ0n) is 13.9. The molecule has 1 atom stereocenters. The van der Waals surface area contributed by atoms with Crippen molar-refractivity contribution in [3.05, 3.63) is 24.3 Å². The number of nitrogens with one attached hydrogen (secondary N) is 1. The topological polar surface area (TPSA) is 79.0 Å². The lowest BCUT2D eigenvalue weighted by Gasteiger charge is -2.35. The number of para-hydroxylation sites is 2. The Hall–Kier alpha value is -1.80. The predicted octanol–water partition coefficient (Wildman–Crippen LogP) is 0.424. The molecule has 132 valence electrons. The summed E-state index contributed by atoms with van der Waals surface area (Å²) in [5.41, 5.74) is 0.475. The zero-order valence-corrected chi connectivity index (χ0v) is 14.8. The highest BCUT2D eigenvalue weighted by atomic mass is 32.2. The van der Waals surface area contributed by atoms with Crippen molar-refractivity contribution < 1.29 is 17.9 Å². The summed E-state index contributed by atoms with van der Waals surface area (Å²) < 4.78 is 31.1. The number of hydrogen-bond acceptors (Lipinski definition) is 5. The Morgan fingerprint density at radius 3 is 2.58 bits per heavy atom. The highest BCUT2D eigenvalue weighted by Crippen LogP contribution is 2.34. The van der Waals surface area contributed by atoms with Gasteiger partial charge in [0.2, 0.25) is 10.0 Å². The number of fused-ring (bicyclic) bond motifs is 1. The van der Waals surface area contributed by atoms with Crippen LogP contribution in [0, 0.1) is 0 Å². The van der Waals surface area contributed by atoms with Crippen LogP contribution >= 0.6 is 0 Å². The number of rotatable bonds is 3. The van der Waals surface area contributed by atoms with Crippen molar-refractivity contribution in [3.63, 3.8) is 0 Å². The van der Waals surface area contributed by atoms with Gasteiger partial charge in [0.1, 0.15) is 5.75 Å². The van der Waals surface area contributed by atoms with Gasteiger partial charge in [-0.2, -0.15) is 0 Å². The van der Waals surface area contributed by atoms with Gasteiger partial charge in [0.25, 0.3) is 5.91 Å². The van der Waals surface area contributed by atoms with Crippen LogP contribution < -0.4 is 14.4 Å². The van der Waals surface area contributed by atoms with Crippen molar-refractivity contribution in [2.45, 2.75) is 25.0 Å². The SMILES string of the molecule is CN1CCC(NC(=O)[C@H]2CN(S(C)(=O)=O)c3ccccc3O2)CC1. The third kappa shape index (κ3) is 3.64. The van der Waals surface area contributed by atoms with Crippen molar-refractivity contribution in [3.8, 4) is 5.75 Å².